The van der Waals surface area contributed by atoms with Crippen molar-refractivity contribution in [1.82, 2.24) is 5.32 Å². The molecule has 0 spiro atoms. The third-order valence-electron chi connectivity index (χ3n) is 5.31. The highest BCUT2D eigenvalue weighted by Gasteiger charge is 2.37. The normalized spacial score (nSPS) is 18.6. The second-order valence-corrected chi connectivity index (χ2v) is 6.97. The fraction of sp³-hybridized carbons (Fsp3) is 0.600. The number of hydrogen-bond donors (Lipinski definition) is 2. The van der Waals surface area contributed by atoms with Crippen molar-refractivity contribution in [2.24, 2.45) is 11.8 Å². The molecule has 28 heavy (non-hydrogen) atoms. The van der Waals surface area contributed by atoms with Gasteiger partial charge in [-0.2, -0.15) is 0 Å². The fourth-order valence-corrected chi connectivity index (χ4v) is 3.31. The summed E-state index contributed by atoms with van der Waals surface area (Å²) < 4.78 is 16.0. The average molecular weight is 394 g/mol. The number of ether oxygens (including phenoxy) is 3. The Morgan fingerprint density at radius 3 is 2.32 bits per heavy atom. The van der Waals surface area contributed by atoms with Crippen LogP contribution in [0.3, 0.4) is 0 Å². The van der Waals surface area contributed by atoms with Gasteiger partial charge in [0.05, 0.1) is 45.6 Å². The van der Waals surface area contributed by atoms with Crippen LogP contribution in [0.25, 0.3) is 0 Å². The molecule has 8 nitrogen and oxygen atoms in total. The molecular weight excluding hydrogens is 364 g/mol. The van der Waals surface area contributed by atoms with Crippen molar-refractivity contribution < 1.29 is 28.9 Å². The Morgan fingerprint density at radius 2 is 1.86 bits per heavy atom. The first-order valence-corrected chi connectivity index (χ1v) is 9.41. The zero-order valence-electron chi connectivity index (χ0n) is 17.2. The molecule has 1 aromatic rings. The molecule has 0 aliphatic carbocycles. The molecule has 2 rings (SSSR count). The van der Waals surface area contributed by atoms with Gasteiger partial charge in [0.1, 0.15) is 0 Å². The lowest BCUT2D eigenvalue weighted by Gasteiger charge is -2.24. The minimum Gasteiger partial charge on any atom is -0.493 e. The molecule has 0 aromatic heterocycles. The van der Waals surface area contributed by atoms with E-state index in [9.17, 15) is 14.7 Å². The van der Waals surface area contributed by atoms with E-state index in [1.54, 1.807) is 17.0 Å². The van der Waals surface area contributed by atoms with E-state index in [2.05, 4.69) is 5.32 Å². The number of benzene rings is 1. The van der Waals surface area contributed by atoms with Gasteiger partial charge < -0.3 is 29.5 Å². The van der Waals surface area contributed by atoms with Gasteiger partial charge in [-0.3, -0.25) is 9.59 Å². The van der Waals surface area contributed by atoms with E-state index in [0.717, 1.165) is 6.42 Å². The van der Waals surface area contributed by atoms with Crippen molar-refractivity contribution in [3.05, 3.63) is 12.1 Å². The first kappa shape index (κ1) is 21.8. The van der Waals surface area contributed by atoms with Gasteiger partial charge >= 0.3 is 0 Å². The maximum Gasteiger partial charge on any atom is 0.227 e. The van der Waals surface area contributed by atoms with Gasteiger partial charge in [0.15, 0.2) is 11.5 Å². The molecule has 1 aromatic carbocycles. The molecule has 2 amide bonds. The lowest BCUT2D eigenvalue weighted by atomic mass is 9.98. The summed E-state index contributed by atoms with van der Waals surface area (Å²) >= 11 is 0. The summed E-state index contributed by atoms with van der Waals surface area (Å²) in [6, 6.07) is 3.06. The van der Waals surface area contributed by atoms with Gasteiger partial charge in [-0.1, -0.05) is 20.3 Å². The number of nitrogens with zero attached hydrogens (tertiary/aromatic N) is 1. The summed E-state index contributed by atoms with van der Waals surface area (Å²) in [6.45, 7) is 4.11. The monoisotopic (exact) mass is 394 g/mol. The zero-order chi connectivity index (χ0) is 20.8. The van der Waals surface area contributed by atoms with E-state index < -0.39 is 5.92 Å². The molecule has 3 atom stereocenters. The molecule has 156 valence electrons. The third kappa shape index (κ3) is 4.49. The molecule has 1 aliphatic rings. The van der Waals surface area contributed by atoms with E-state index in [1.807, 2.05) is 13.8 Å². The number of amides is 2. The standard InChI is InChI=1S/C20H30N2O6/c1-6-12(2)15(11-23)21-20(25)13-7-18(24)22(10-13)14-8-16(26-3)19(28-5)17(9-14)27-4/h8-9,12-13,15,23H,6-7,10-11H2,1-5H3,(H,21,25)/t12-,13+,15-/m0/s1. The SMILES string of the molecule is CC[C@H](C)[C@H](CO)NC(=O)[C@@H]1CC(=O)N(c2cc(OC)c(OC)c(OC)c2)C1. The number of aliphatic hydroxyl groups is 1. The van der Waals surface area contributed by atoms with E-state index in [1.165, 1.54) is 21.3 Å². The van der Waals surface area contributed by atoms with Gasteiger partial charge in [-0.15, -0.1) is 0 Å². The molecule has 0 bridgehead atoms. The third-order valence-corrected chi connectivity index (χ3v) is 5.31. The van der Waals surface area contributed by atoms with Gasteiger partial charge in [0.25, 0.3) is 0 Å². The smallest absolute Gasteiger partial charge is 0.227 e. The highest BCUT2D eigenvalue weighted by atomic mass is 16.5. The second kappa shape index (κ2) is 9.64. The van der Waals surface area contributed by atoms with Crippen LogP contribution in [0.1, 0.15) is 26.7 Å². The lowest BCUT2D eigenvalue weighted by Crippen LogP contribution is -2.45. The van der Waals surface area contributed by atoms with Gasteiger partial charge in [0.2, 0.25) is 17.6 Å². The van der Waals surface area contributed by atoms with Crippen LogP contribution in [-0.2, 0) is 9.59 Å². The van der Waals surface area contributed by atoms with Crippen LogP contribution in [0.15, 0.2) is 12.1 Å². The number of carbonyl (C=O) groups excluding carboxylic acids is 2. The van der Waals surface area contributed by atoms with Crippen LogP contribution in [0.4, 0.5) is 5.69 Å². The van der Waals surface area contributed by atoms with Crippen LogP contribution in [0, 0.1) is 11.8 Å². The van der Waals surface area contributed by atoms with Crippen LogP contribution < -0.4 is 24.4 Å². The Bertz CT molecular complexity index is 683. The predicted octanol–water partition coefficient (Wildman–Crippen LogP) is 1.59. The van der Waals surface area contributed by atoms with Crippen molar-refractivity contribution in [2.75, 3.05) is 39.4 Å². The molecule has 1 aliphatic heterocycles. The van der Waals surface area contributed by atoms with E-state index in [4.69, 9.17) is 14.2 Å². The zero-order valence-corrected chi connectivity index (χ0v) is 17.2. The minimum atomic E-state index is -0.482. The summed E-state index contributed by atoms with van der Waals surface area (Å²) in [5, 5.41) is 12.4. The number of aliphatic hydroxyl groups excluding tert-OH is 1. The van der Waals surface area contributed by atoms with Crippen molar-refractivity contribution >= 4 is 17.5 Å². The highest BCUT2D eigenvalue weighted by molar-refractivity contribution is 6.00. The molecule has 8 heteroatoms. The molecular formula is C20H30N2O6. The summed E-state index contributed by atoms with van der Waals surface area (Å²) in [4.78, 5) is 26.8. The van der Waals surface area contributed by atoms with Gasteiger partial charge in [-0.25, -0.2) is 0 Å². The Morgan fingerprint density at radius 1 is 1.25 bits per heavy atom. The Hall–Kier alpha value is -2.48. The first-order valence-electron chi connectivity index (χ1n) is 9.41. The predicted molar refractivity (Wildman–Crippen MR) is 105 cm³/mol. The highest BCUT2D eigenvalue weighted by Crippen LogP contribution is 2.42. The molecule has 0 saturated carbocycles. The molecule has 1 saturated heterocycles. The largest absolute Gasteiger partial charge is 0.493 e. The van der Waals surface area contributed by atoms with Crippen molar-refractivity contribution in [2.45, 2.75) is 32.7 Å². The van der Waals surface area contributed by atoms with E-state index in [0.29, 0.717) is 22.9 Å². The van der Waals surface area contributed by atoms with Gasteiger partial charge in [0, 0.05) is 25.1 Å². The van der Waals surface area contributed by atoms with Gasteiger partial charge in [-0.05, 0) is 5.92 Å². The van der Waals surface area contributed by atoms with E-state index in [-0.39, 0.29) is 43.3 Å². The molecule has 0 radical (unpaired) electrons. The van der Waals surface area contributed by atoms with Crippen LogP contribution in [0.5, 0.6) is 17.2 Å². The topological polar surface area (TPSA) is 97.3 Å². The van der Waals surface area contributed by atoms with Crippen molar-refractivity contribution in [3.63, 3.8) is 0 Å². The Kier molecular flexibility index (Phi) is 7.51. The quantitative estimate of drug-likeness (QED) is 0.660. The lowest BCUT2D eigenvalue weighted by molar-refractivity contribution is -0.127. The Labute approximate surface area is 165 Å². The maximum atomic E-state index is 12.6. The summed E-state index contributed by atoms with van der Waals surface area (Å²) in [5.41, 5.74) is 0.579. The fourth-order valence-electron chi connectivity index (χ4n) is 3.31. The van der Waals surface area contributed by atoms with Crippen LogP contribution in [-0.4, -0.2) is 57.4 Å². The van der Waals surface area contributed by atoms with Crippen LogP contribution in [0.2, 0.25) is 0 Å². The molecule has 2 N–H and O–H groups in total. The second-order valence-electron chi connectivity index (χ2n) is 6.97. The maximum absolute atomic E-state index is 12.6. The van der Waals surface area contributed by atoms with E-state index >= 15 is 0 Å². The van der Waals surface area contributed by atoms with Crippen molar-refractivity contribution in [3.8, 4) is 17.2 Å². The minimum absolute atomic E-state index is 0.112. The number of carbonyl (C=O) groups is 2. The summed E-state index contributed by atoms with van der Waals surface area (Å²) in [5.74, 6) is 0.612. The number of rotatable bonds is 9. The Balaban J connectivity index is 2.19. The number of nitrogens with one attached hydrogen (secondary N) is 1. The summed E-state index contributed by atoms with van der Waals surface area (Å²) in [6.07, 6.45) is 0.952. The molecule has 1 heterocycles. The van der Waals surface area contributed by atoms with Crippen LogP contribution >= 0.6 is 0 Å². The molecule has 0 unspecified atom stereocenters. The average Bonchev–Trinajstić information content (AvgIpc) is 3.11. The number of methoxy groups -OCH3 is 3. The van der Waals surface area contributed by atoms with Crippen molar-refractivity contribution in [1.29, 1.82) is 0 Å². The number of anilines is 1. The molecule has 1 fully saturated rings. The number of hydrogen-bond acceptors (Lipinski definition) is 6. The first-order chi connectivity index (χ1) is 13.4. The summed E-state index contributed by atoms with van der Waals surface area (Å²) in [7, 11) is 4.52.